The van der Waals surface area contributed by atoms with Gasteiger partial charge in [-0.05, 0) is 24.1 Å². The van der Waals surface area contributed by atoms with Crippen LogP contribution in [0, 0.1) is 0 Å². The van der Waals surface area contributed by atoms with Crippen molar-refractivity contribution in [2.45, 2.75) is 13.0 Å². The Balaban J connectivity index is 2.19. The maximum absolute atomic E-state index is 11.6. The highest BCUT2D eigenvalue weighted by Gasteiger charge is 2.04. The SMILES string of the molecule is COc1cccc(CCn2c(=O)cc(Cl)[nH]c2=O)c1. The molecular weight excluding hydrogens is 268 g/mol. The highest BCUT2D eigenvalue weighted by Crippen LogP contribution is 2.13. The zero-order chi connectivity index (χ0) is 13.8. The van der Waals surface area contributed by atoms with Crippen LogP contribution in [-0.4, -0.2) is 16.7 Å². The number of methoxy groups -OCH3 is 1. The summed E-state index contributed by atoms with van der Waals surface area (Å²) >= 11 is 5.59. The van der Waals surface area contributed by atoms with Crippen LogP contribution >= 0.6 is 11.6 Å². The topological polar surface area (TPSA) is 64.1 Å². The van der Waals surface area contributed by atoms with Gasteiger partial charge in [-0.1, -0.05) is 23.7 Å². The molecule has 0 aliphatic carbocycles. The fourth-order valence-electron chi connectivity index (χ4n) is 1.77. The third-order valence-electron chi connectivity index (χ3n) is 2.75. The number of ether oxygens (including phenoxy) is 1. The number of aromatic nitrogens is 2. The predicted octanol–water partition coefficient (Wildman–Crippen LogP) is 1.44. The molecule has 19 heavy (non-hydrogen) atoms. The number of rotatable bonds is 4. The van der Waals surface area contributed by atoms with E-state index in [2.05, 4.69) is 4.98 Å². The Kier molecular flexibility index (Phi) is 4.06. The second-order valence-electron chi connectivity index (χ2n) is 4.01. The molecule has 0 aliphatic rings. The van der Waals surface area contributed by atoms with Crippen molar-refractivity contribution >= 4 is 11.6 Å². The van der Waals surface area contributed by atoms with Crippen molar-refractivity contribution in [2.24, 2.45) is 0 Å². The third kappa shape index (κ3) is 3.26. The minimum absolute atomic E-state index is 0.0487. The first-order valence-corrected chi connectivity index (χ1v) is 6.10. The number of aromatic amines is 1. The molecule has 0 atom stereocenters. The zero-order valence-corrected chi connectivity index (χ0v) is 11.1. The second-order valence-corrected chi connectivity index (χ2v) is 4.42. The molecule has 2 rings (SSSR count). The van der Waals surface area contributed by atoms with Gasteiger partial charge in [-0.3, -0.25) is 14.3 Å². The summed E-state index contributed by atoms with van der Waals surface area (Å²) in [5.74, 6) is 0.745. The minimum Gasteiger partial charge on any atom is -0.497 e. The molecule has 1 aromatic heterocycles. The molecule has 0 spiro atoms. The Morgan fingerprint density at radius 1 is 1.32 bits per heavy atom. The van der Waals surface area contributed by atoms with Gasteiger partial charge >= 0.3 is 5.69 Å². The summed E-state index contributed by atoms with van der Waals surface area (Å²) in [7, 11) is 1.59. The molecule has 100 valence electrons. The summed E-state index contributed by atoms with van der Waals surface area (Å²) in [5.41, 5.74) is 0.0812. The predicted molar refractivity (Wildman–Crippen MR) is 73.0 cm³/mol. The van der Waals surface area contributed by atoms with Crippen LogP contribution in [0.1, 0.15) is 5.56 Å². The smallest absolute Gasteiger partial charge is 0.329 e. The van der Waals surface area contributed by atoms with Gasteiger partial charge in [-0.2, -0.15) is 0 Å². The van der Waals surface area contributed by atoms with Gasteiger partial charge in [0, 0.05) is 12.6 Å². The van der Waals surface area contributed by atoms with Crippen LogP contribution < -0.4 is 16.0 Å². The van der Waals surface area contributed by atoms with Gasteiger partial charge in [0.15, 0.2) is 0 Å². The Hall–Kier alpha value is -2.01. The molecule has 1 aromatic carbocycles. The summed E-state index contributed by atoms with van der Waals surface area (Å²) < 4.78 is 6.23. The Labute approximate surface area is 114 Å². The summed E-state index contributed by atoms with van der Waals surface area (Å²) in [6.07, 6.45) is 0.557. The highest BCUT2D eigenvalue weighted by atomic mass is 35.5. The van der Waals surface area contributed by atoms with Gasteiger partial charge in [0.1, 0.15) is 10.9 Å². The summed E-state index contributed by atoms with van der Waals surface area (Å²) in [6.45, 7) is 0.290. The molecule has 1 N–H and O–H groups in total. The van der Waals surface area contributed by atoms with Crippen LogP contribution in [0.15, 0.2) is 39.9 Å². The molecule has 0 aliphatic heterocycles. The van der Waals surface area contributed by atoms with Gasteiger partial charge in [0.05, 0.1) is 7.11 Å². The number of hydrogen-bond acceptors (Lipinski definition) is 3. The van der Waals surface area contributed by atoms with E-state index in [4.69, 9.17) is 16.3 Å². The Morgan fingerprint density at radius 3 is 2.79 bits per heavy atom. The van der Waals surface area contributed by atoms with Gasteiger partial charge in [0.25, 0.3) is 5.56 Å². The lowest BCUT2D eigenvalue weighted by atomic mass is 10.1. The standard InChI is InChI=1S/C13H13ClN2O3/c1-19-10-4-2-3-9(7-10)5-6-16-12(17)8-11(14)15-13(16)18/h2-4,7-8H,5-6H2,1H3,(H,15,18). The van der Waals surface area contributed by atoms with Crippen molar-refractivity contribution in [3.8, 4) is 5.75 Å². The van der Waals surface area contributed by atoms with Crippen molar-refractivity contribution in [1.82, 2.24) is 9.55 Å². The van der Waals surface area contributed by atoms with E-state index in [0.29, 0.717) is 13.0 Å². The zero-order valence-electron chi connectivity index (χ0n) is 10.4. The van der Waals surface area contributed by atoms with Crippen molar-refractivity contribution in [3.05, 3.63) is 61.9 Å². The van der Waals surface area contributed by atoms with Crippen molar-refractivity contribution in [3.63, 3.8) is 0 Å². The van der Waals surface area contributed by atoms with E-state index < -0.39 is 11.2 Å². The first-order chi connectivity index (χ1) is 9.10. The molecule has 5 nitrogen and oxygen atoms in total. The van der Waals surface area contributed by atoms with Crippen LogP contribution in [0.5, 0.6) is 5.75 Å². The van der Waals surface area contributed by atoms with Crippen LogP contribution in [0.25, 0.3) is 0 Å². The molecule has 6 heteroatoms. The molecule has 2 aromatic rings. The van der Waals surface area contributed by atoms with Gasteiger partial charge in [0.2, 0.25) is 0 Å². The lowest BCUT2D eigenvalue weighted by Crippen LogP contribution is -2.35. The van der Waals surface area contributed by atoms with Gasteiger partial charge in [-0.25, -0.2) is 4.79 Å². The molecule has 1 heterocycles. The van der Waals surface area contributed by atoms with E-state index in [9.17, 15) is 9.59 Å². The third-order valence-corrected chi connectivity index (χ3v) is 2.95. The number of aryl methyl sites for hydroxylation is 1. The average Bonchev–Trinajstić information content (AvgIpc) is 2.37. The molecule has 0 bridgehead atoms. The van der Waals surface area contributed by atoms with E-state index in [1.807, 2.05) is 24.3 Å². The van der Waals surface area contributed by atoms with Crippen LogP contribution in [0.3, 0.4) is 0 Å². The van der Waals surface area contributed by atoms with E-state index in [-0.39, 0.29) is 5.15 Å². The maximum Gasteiger partial charge on any atom is 0.329 e. The fourth-order valence-corrected chi connectivity index (χ4v) is 1.95. The number of H-pyrrole nitrogens is 1. The van der Waals surface area contributed by atoms with Crippen LogP contribution in [0.2, 0.25) is 5.15 Å². The van der Waals surface area contributed by atoms with Crippen molar-refractivity contribution in [2.75, 3.05) is 7.11 Å². The average molecular weight is 281 g/mol. The van der Waals surface area contributed by atoms with Gasteiger partial charge < -0.3 is 4.74 Å². The molecular formula is C13H13ClN2O3. The summed E-state index contributed by atoms with van der Waals surface area (Å²) in [4.78, 5) is 25.6. The maximum atomic E-state index is 11.6. The van der Waals surface area contributed by atoms with Crippen LogP contribution in [-0.2, 0) is 13.0 Å². The lowest BCUT2D eigenvalue weighted by molar-refractivity contribution is 0.414. The molecule has 0 saturated heterocycles. The normalized spacial score (nSPS) is 10.4. The Morgan fingerprint density at radius 2 is 2.11 bits per heavy atom. The number of nitrogens with zero attached hydrogens (tertiary/aromatic N) is 1. The van der Waals surface area contributed by atoms with Gasteiger partial charge in [-0.15, -0.1) is 0 Å². The van der Waals surface area contributed by atoms with E-state index in [1.165, 1.54) is 6.07 Å². The van der Waals surface area contributed by atoms with E-state index >= 15 is 0 Å². The van der Waals surface area contributed by atoms with Crippen molar-refractivity contribution < 1.29 is 4.74 Å². The number of nitrogens with one attached hydrogen (secondary N) is 1. The second kappa shape index (κ2) is 5.75. The number of benzene rings is 1. The minimum atomic E-state index is -0.500. The highest BCUT2D eigenvalue weighted by molar-refractivity contribution is 6.29. The molecule has 0 unspecified atom stereocenters. The number of halogens is 1. The largest absolute Gasteiger partial charge is 0.497 e. The first kappa shape index (κ1) is 13.4. The molecule has 0 radical (unpaired) electrons. The fraction of sp³-hybridized carbons (Fsp3) is 0.231. The molecule has 0 amide bonds. The quantitative estimate of drug-likeness (QED) is 0.862. The van der Waals surface area contributed by atoms with E-state index in [1.54, 1.807) is 7.11 Å². The van der Waals surface area contributed by atoms with Crippen molar-refractivity contribution in [1.29, 1.82) is 0 Å². The Bertz CT molecular complexity index is 660. The summed E-state index contributed by atoms with van der Waals surface area (Å²) in [6, 6.07) is 8.68. The molecule has 0 saturated carbocycles. The molecule has 0 fully saturated rings. The lowest BCUT2D eigenvalue weighted by Gasteiger charge is -2.06. The van der Waals surface area contributed by atoms with E-state index in [0.717, 1.165) is 15.9 Å². The van der Waals surface area contributed by atoms with Crippen LogP contribution in [0.4, 0.5) is 0 Å². The summed E-state index contributed by atoms with van der Waals surface area (Å²) in [5, 5.41) is 0.0487. The first-order valence-electron chi connectivity index (χ1n) is 5.73. The number of hydrogen-bond donors (Lipinski definition) is 1. The monoisotopic (exact) mass is 280 g/mol.